The lowest BCUT2D eigenvalue weighted by Gasteiger charge is -2.37. The molecule has 1 heterocycles. The van der Waals surface area contributed by atoms with Crippen molar-refractivity contribution in [2.24, 2.45) is 40.7 Å². The number of rotatable bonds is 12. The second-order valence-corrected chi connectivity index (χ2v) is 16.4. The van der Waals surface area contributed by atoms with Crippen LogP contribution in [0.2, 0.25) is 0 Å². The van der Waals surface area contributed by atoms with E-state index in [-0.39, 0.29) is 40.9 Å². The van der Waals surface area contributed by atoms with Gasteiger partial charge in [0.1, 0.15) is 23.7 Å². The fourth-order valence-corrected chi connectivity index (χ4v) is 8.54. The van der Waals surface area contributed by atoms with Gasteiger partial charge < -0.3 is 31.3 Å². The molecule has 0 bridgehead atoms. The summed E-state index contributed by atoms with van der Waals surface area (Å²) in [4.78, 5) is 81.5. The molecule has 0 spiro atoms. The lowest BCUT2D eigenvalue weighted by atomic mass is 9.83. The number of carbonyl (C=O) groups excluding carboxylic acids is 6. The van der Waals surface area contributed by atoms with Crippen molar-refractivity contribution in [1.82, 2.24) is 20.9 Å². The third kappa shape index (κ3) is 8.11. The minimum absolute atomic E-state index is 0.0490. The molecule has 1 saturated heterocycles. The van der Waals surface area contributed by atoms with Gasteiger partial charge in [-0.3, -0.25) is 19.2 Å². The Hall–Kier alpha value is -3.18. The largest absolute Gasteiger partial charge is 0.458 e. The highest BCUT2D eigenvalue weighted by molar-refractivity contribution is 6.37. The number of ether oxygens (including phenoxy) is 1. The third-order valence-electron chi connectivity index (χ3n) is 11.4. The Balaban J connectivity index is 1.35. The molecule has 1 unspecified atom stereocenters. The molecular formula is C35H55N5O7. The number of hydrogen-bond acceptors (Lipinski definition) is 7. The second-order valence-electron chi connectivity index (χ2n) is 16.4. The van der Waals surface area contributed by atoms with E-state index >= 15 is 0 Å². The lowest BCUT2D eigenvalue weighted by Crippen LogP contribution is -2.61. The molecule has 5 aliphatic rings. The van der Waals surface area contributed by atoms with E-state index in [0.717, 1.165) is 70.6 Å². The zero-order chi connectivity index (χ0) is 34.3. The first-order valence-electron chi connectivity index (χ1n) is 17.8. The van der Waals surface area contributed by atoms with Crippen LogP contribution in [0, 0.1) is 35.0 Å². The number of nitrogens with two attached hydrogens (primary N) is 1. The number of likely N-dealkylation sites (tertiary alicyclic amines) is 1. The molecule has 4 aliphatic carbocycles. The standard InChI is InChI=1S/C35H55N5O7/c1-34(2,3)47-32(45)26(21-13-9-10-14-21)39-33(46)38-25(20-11-7-6-8-12-20)31(44)40-18-22-24(35(22,4)5)27(40)30(43)37-23(17-19-15-16-19)28(41)29(36)42/h19-27H,6-18H2,1-5H3,(H2,36,42)(H,37,43)(H2,38,39,46)/t22-,23?,24-,25-,26-,27-/m0/s1. The minimum Gasteiger partial charge on any atom is -0.458 e. The van der Waals surface area contributed by atoms with Crippen molar-refractivity contribution in [3.05, 3.63) is 0 Å². The van der Waals surface area contributed by atoms with Gasteiger partial charge in [-0.05, 0) is 87.9 Å². The molecule has 5 N–H and O–H groups in total. The summed E-state index contributed by atoms with van der Waals surface area (Å²) in [6, 6.07) is -4.18. The van der Waals surface area contributed by atoms with Crippen LogP contribution < -0.4 is 21.7 Å². The molecule has 0 aromatic heterocycles. The van der Waals surface area contributed by atoms with Crippen molar-refractivity contribution < 1.29 is 33.5 Å². The number of amides is 5. The Morgan fingerprint density at radius 1 is 0.830 bits per heavy atom. The smallest absolute Gasteiger partial charge is 0.329 e. The summed E-state index contributed by atoms with van der Waals surface area (Å²) < 4.78 is 5.68. The molecule has 0 aromatic carbocycles. The molecule has 5 amide bonds. The van der Waals surface area contributed by atoms with Crippen molar-refractivity contribution in [3.63, 3.8) is 0 Å². The number of nitrogens with one attached hydrogen (secondary N) is 3. The van der Waals surface area contributed by atoms with Crippen LogP contribution in [0.4, 0.5) is 4.79 Å². The summed E-state index contributed by atoms with van der Waals surface area (Å²) in [7, 11) is 0. The van der Waals surface area contributed by atoms with Crippen LogP contribution in [0.5, 0.6) is 0 Å². The Labute approximate surface area is 278 Å². The highest BCUT2D eigenvalue weighted by Crippen LogP contribution is 2.65. The summed E-state index contributed by atoms with van der Waals surface area (Å²) in [5, 5.41) is 8.64. The molecule has 5 fully saturated rings. The maximum Gasteiger partial charge on any atom is 0.329 e. The molecule has 6 atom stereocenters. The predicted octanol–water partition coefficient (Wildman–Crippen LogP) is 2.96. The number of hydrogen-bond donors (Lipinski definition) is 4. The van der Waals surface area contributed by atoms with E-state index < -0.39 is 59.4 Å². The van der Waals surface area contributed by atoms with Gasteiger partial charge in [-0.1, -0.05) is 58.8 Å². The number of fused-ring (bicyclic) bond motifs is 1. The highest BCUT2D eigenvalue weighted by atomic mass is 16.6. The van der Waals surface area contributed by atoms with Crippen molar-refractivity contribution in [3.8, 4) is 0 Å². The average Bonchev–Trinajstić information content (AvgIpc) is 3.70. The van der Waals surface area contributed by atoms with Gasteiger partial charge in [0.2, 0.25) is 17.6 Å². The van der Waals surface area contributed by atoms with E-state index in [1.54, 1.807) is 25.7 Å². The first kappa shape index (κ1) is 35.1. The molecule has 4 saturated carbocycles. The van der Waals surface area contributed by atoms with Gasteiger partial charge in [-0.15, -0.1) is 0 Å². The predicted molar refractivity (Wildman–Crippen MR) is 173 cm³/mol. The molecule has 5 rings (SSSR count). The molecule has 12 nitrogen and oxygen atoms in total. The third-order valence-corrected chi connectivity index (χ3v) is 11.4. The van der Waals surface area contributed by atoms with Crippen LogP contribution in [0.25, 0.3) is 0 Å². The van der Waals surface area contributed by atoms with Crippen LogP contribution in [-0.2, 0) is 28.7 Å². The number of nitrogens with zero attached hydrogens (tertiary/aromatic N) is 1. The topological polar surface area (TPSA) is 177 Å². The Morgan fingerprint density at radius 3 is 1.94 bits per heavy atom. The summed E-state index contributed by atoms with van der Waals surface area (Å²) >= 11 is 0. The van der Waals surface area contributed by atoms with Gasteiger partial charge in [0.05, 0.1) is 6.04 Å². The van der Waals surface area contributed by atoms with Crippen LogP contribution in [0.3, 0.4) is 0 Å². The summed E-state index contributed by atoms with van der Waals surface area (Å²) in [6.07, 6.45) is 10.2. The zero-order valence-electron chi connectivity index (χ0n) is 28.8. The fraction of sp³-hybridized carbons (Fsp3) is 0.829. The van der Waals surface area contributed by atoms with Gasteiger partial charge in [0, 0.05) is 6.54 Å². The number of Topliss-reactive ketones (excluding diaryl/α,β-unsaturated/α-hetero) is 1. The van der Waals surface area contributed by atoms with Crippen molar-refractivity contribution in [1.29, 1.82) is 0 Å². The molecule has 262 valence electrons. The quantitative estimate of drug-likeness (QED) is 0.184. The van der Waals surface area contributed by atoms with Gasteiger partial charge in [-0.25, -0.2) is 9.59 Å². The number of ketones is 1. The molecule has 0 radical (unpaired) electrons. The summed E-state index contributed by atoms with van der Waals surface area (Å²) in [5.41, 5.74) is 4.44. The Bertz CT molecular complexity index is 1250. The van der Waals surface area contributed by atoms with E-state index in [4.69, 9.17) is 10.5 Å². The van der Waals surface area contributed by atoms with E-state index in [0.29, 0.717) is 13.0 Å². The second kappa shape index (κ2) is 13.7. The molecule has 12 heteroatoms. The average molecular weight is 658 g/mol. The molecule has 47 heavy (non-hydrogen) atoms. The highest BCUT2D eigenvalue weighted by Gasteiger charge is 2.69. The number of urea groups is 1. The van der Waals surface area contributed by atoms with Crippen molar-refractivity contribution >= 4 is 35.5 Å². The van der Waals surface area contributed by atoms with E-state index in [1.165, 1.54) is 0 Å². The van der Waals surface area contributed by atoms with Crippen molar-refractivity contribution in [2.75, 3.05) is 6.54 Å². The fourth-order valence-electron chi connectivity index (χ4n) is 8.54. The normalized spacial score (nSPS) is 27.6. The Kier molecular flexibility index (Phi) is 10.3. The van der Waals surface area contributed by atoms with Crippen LogP contribution in [-0.4, -0.2) is 76.7 Å². The van der Waals surface area contributed by atoms with E-state index in [2.05, 4.69) is 29.8 Å². The molecule has 1 aliphatic heterocycles. The SMILES string of the molecule is CC(C)(C)OC(=O)[C@@H](NC(=O)N[C@H](C(=O)N1C[C@H]2[C@@H]([C@H]1C(=O)NC(CC1CC1)C(=O)C(N)=O)C2(C)C)C1CCCCC1)C1CCCC1. The molecular weight excluding hydrogens is 602 g/mol. The molecule has 0 aromatic rings. The van der Waals surface area contributed by atoms with Crippen LogP contribution in [0.1, 0.15) is 112 Å². The van der Waals surface area contributed by atoms with E-state index in [9.17, 15) is 28.8 Å². The maximum absolute atomic E-state index is 14.5. The van der Waals surface area contributed by atoms with Gasteiger partial charge in [0.15, 0.2) is 0 Å². The zero-order valence-corrected chi connectivity index (χ0v) is 28.8. The summed E-state index contributed by atoms with van der Waals surface area (Å²) in [5.74, 6) is -3.13. The van der Waals surface area contributed by atoms with Crippen LogP contribution >= 0.6 is 0 Å². The Morgan fingerprint density at radius 2 is 1.38 bits per heavy atom. The first-order chi connectivity index (χ1) is 22.1. The van der Waals surface area contributed by atoms with E-state index in [1.807, 2.05) is 0 Å². The van der Waals surface area contributed by atoms with Gasteiger partial charge >= 0.3 is 12.0 Å². The first-order valence-corrected chi connectivity index (χ1v) is 17.8. The maximum atomic E-state index is 14.5. The lowest BCUT2D eigenvalue weighted by molar-refractivity contribution is -0.158. The summed E-state index contributed by atoms with van der Waals surface area (Å²) in [6.45, 7) is 9.89. The number of piperidine rings is 1. The van der Waals surface area contributed by atoms with Crippen molar-refractivity contribution in [2.45, 2.75) is 141 Å². The number of primary amides is 1. The number of carbonyl (C=O) groups is 6. The number of esters is 1. The minimum atomic E-state index is -1.09. The van der Waals surface area contributed by atoms with Gasteiger partial charge in [0.25, 0.3) is 5.91 Å². The monoisotopic (exact) mass is 657 g/mol. The van der Waals surface area contributed by atoms with Crippen LogP contribution in [0.15, 0.2) is 0 Å². The van der Waals surface area contributed by atoms with Gasteiger partial charge in [-0.2, -0.15) is 0 Å².